The molecule has 0 fully saturated rings. The van der Waals surface area contributed by atoms with Crippen LogP contribution in [0, 0.1) is 0 Å². The second-order valence-electron chi connectivity index (χ2n) is 5.25. The third kappa shape index (κ3) is 17.8. The molecule has 0 heterocycles. The summed E-state index contributed by atoms with van der Waals surface area (Å²) in [4.78, 5) is 23.0. The van der Waals surface area contributed by atoms with Crippen LogP contribution < -0.4 is 10.6 Å². The monoisotopic (exact) mass is 364 g/mol. The Labute approximate surface area is 148 Å². The zero-order valence-corrected chi connectivity index (χ0v) is 16.2. The van der Waals surface area contributed by atoms with E-state index in [1.54, 1.807) is 28.7 Å². The Morgan fingerprint density at radius 1 is 0.870 bits per heavy atom. The zero-order chi connectivity index (χ0) is 17.2. The molecule has 136 valence electrons. The Hall–Kier alpha value is -0.400. The van der Waals surface area contributed by atoms with E-state index in [1.165, 1.54) is 0 Å². The lowest BCUT2D eigenvalue weighted by molar-refractivity contribution is -0.121. The summed E-state index contributed by atoms with van der Waals surface area (Å²) in [5, 5.41) is 5.84. The van der Waals surface area contributed by atoms with Gasteiger partial charge in [0.25, 0.3) is 0 Å². The van der Waals surface area contributed by atoms with Gasteiger partial charge in [0.1, 0.15) is 0 Å². The Morgan fingerprint density at radius 2 is 1.39 bits per heavy atom. The summed E-state index contributed by atoms with van der Waals surface area (Å²) in [5.41, 5.74) is 0. The molecule has 0 aliphatic carbocycles. The molecule has 0 rings (SSSR count). The van der Waals surface area contributed by atoms with Gasteiger partial charge in [0.05, 0.1) is 0 Å². The van der Waals surface area contributed by atoms with E-state index in [4.69, 9.17) is 4.74 Å². The van der Waals surface area contributed by atoms with Crippen LogP contribution in [0.15, 0.2) is 0 Å². The second-order valence-corrected chi connectivity index (χ2v) is 7.95. The van der Waals surface area contributed by atoms with Crippen LogP contribution in [0.4, 0.5) is 0 Å². The maximum absolute atomic E-state index is 11.5. The first-order valence-corrected chi connectivity index (χ1v) is 11.0. The number of nitrogens with one attached hydrogen (secondary N) is 2. The Kier molecular flexibility index (Phi) is 17.6. The molecule has 0 bridgehead atoms. The van der Waals surface area contributed by atoms with Crippen molar-refractivity contribution in [2.45, 2.75) is 51.9 Å². The average Bonchev–Trinajstić information content (AvgIpc) is 2.54. The van der Waals surface area contributed by atoms with Crippen molar-refractivity contribution >= 4 is 33.4 Å². The first-order chi connectivity index (χ1) is 11.2. The van der Waals surface area contributed by atoms with Gasteiger partial charge in [-0.15, -0.1) is 0 Å². The summed E-state index contributed by atoms with van der Waals surface area (Å²) in [5.74, 6) is 2.06. The lowest BCUT2D eigenvalue weighted by Gasteiger charge is -2.06. The number of rotatable bonds is 16. The van der Waals surface area contributed by atoms with Crippen molar-refractivity contribution in [1.82, 2.24) is 10.6 Å². The first kappa shape index (κ1) is 22.6. The normalized spacial score (nSPS) is 10.5. The largest absolute Gasteiger partial charge is 0.385 e. The van der Waals surface area contributed by atoms with E-state index in [0.29, 0.717) is 25.9 Å². The topological polar surface area (TPSA) is 67.4 Å². The fourth-order valence-corrected chi connectivity index (χ4v) is 3.64. The number of carbonyl (C=O) groups is 2. The van der Waals surface area contributed by atoms with E-state index >= 15 is 0 Å². The Bertz CT molecular complexity index is 305. The number of hydrogen-bond donors (Lipinski definition) is 2. The maximum Gasteiger partial charge on any atom is 0.220 e. The van der Waals surface area contributed by atoms with Gasteiger partial charge in [-0.2, -0.15) is 0 Å². The number of amides is 2. The van der Waals surface area contributed by atoms with Crippen LogP contribution in [-0.2, 0) is 14.3 Å². The van der Waals surface area contributed by atoms with Crippen LogP contribution in [0.5, 0.6) is 0 Å². The summed E-state index contributed by atoms with van der Waals surface area (Å²) in [7, 11) is 5.14. The average molecular weight is 365 g/mol. The number of hydrogen-bond acceptors (Lipinski definition) is 5. The van der Waals surface area contributed by atoms with E-state index in [-0.39, 0.29) is 11.8 Å². The molecule has 0 unspecified atom stereocenters. The maximum atomic E-state index is 11.5. The highest BCUT2D eigenvalue weighted by atomic mass is 33.1. The minimum Gasteiger partial charge on any atom is -0.385 e. The van der Waals surface area contributed by atoms with E-state index in [2.05, 4.69) is 17.6 Å². The molecule has 0 aliphatic rings. The fourth-order valence-electron chi connectivity index (χ4n) is 1.83. The van der Waals surface area contributed by atoms with Crippen LogP contribution in [0.2, 0.25) is 0 Å². The third-order valence-corrected chi connectivity index (χ3v) is 5.52. The van der Waals surface area contributed by atoms with Gasteiger partial charge in [0.2, 0.25) is 11.8 Å². The second kappa shape index (κ2) is 17.9. The number of ether oxygens (including phenoxy) is 1. The smallest absolute Gasteiger partial charge is 0.220 e. The van der Waals surface area contributed by atoms with Gasteiger partial charge in [0, 0.05) is 51.2 Å². The van der Waals surface area contributed by atoms with Crippen LogP contribution >= 0.6 is 21.6 Å². The van der Waals surface area contributed by atoms with Crippen LogP contribution in [0.1, 0.15) is 51.9 Å². The highest BCUT2D eigenvalue weighted by molar-refractivity contribution is 8.76. The molecular formula is C16H32N2O3S2. The van der Waals surface area contributed by atoms with Crippen molar-refractivity contribution in [2.75, 3.05) is 38.3 Å². The molecule has 0 spiro atoms. The van der Waals surface area contributed by atoms with Crippen molar-refractivity contribution in [2.24, 2.45) is 0 Å². The fraction of sp³-hybridized carbons (Fsp3) is 0.875. The van der Waals surface area contributed by atoms with Gasteiger partial charge in [0.15, 0.2) is 0 Å². The molecule has 5 nitrogen and oxygen atoms in total. The molecule has 0 aromatic rings. The predicted molar refractivity (Wildman–Crippen MR) is 101 cm³/mol. The van der Waals surface area contributed by atoms with Gasteiger partial charge >= 0.3 is 0 Å². The lowest BCUT2D eigenvalue weighted by Crippen LogP contribution is -2.26. The Morgan fingerprint density at radius 3 is 1.87 bits per heavy atom. The third-order valence-electron chi connectivity index (χ3n) is 3.11. The highest BCUT2D eigenvalue weighted by Gasteiger charge is 2.01. The molecule has 0 aromatic heterocycles. The summed E-state index contributed by atoms with van der Waals surface area (Å²) in [6.45, 7) is 4.27. The van der Waals surface area contributed by atoms with E-state index < -0.39 is 0 Å². The number of methoxy groups -OCH3 is 1. The molecule has 0 radical (unpaired) electrons. The summed E-state index contributed by atoms with van der Waals surface area (Å²) in [6.07, 6.45) is 6.26. The van der Waals surface area contributed by atoms with Crippen molar-refractivity contribution in [3.8, 4) is 0 Å². The molecule has 2 amide bonds. The minimum absolute atomic E-state index is 0.117. The number of carbonyl (C=O) groups excluding carboxylic acids is 2. The summed E-state index contributed by atoms with van der Waals surface area (Å²) >= 11 is 0. The van der Waals surface area contributed by atoms with Crippen LogP contribution in [0.3, 0.4) is 0 Å². The zero-order valence-electron chi connectivity index (χ0n) is 14.5. The van der Waals surface area contributed by atoms with Gasteiger partial charge < -0.3 is 15.4 Å². The van der Waals surface area contributed by atoms with Crippen molar-refractivity contribution < 1.29 is 14.3 Å². The lowest BCUT2D eigenvalue weighted by atomic mass is 10.2. The molecule has 0 aromatic carbocycles. The molecule has 2 N–H and O–H groups in total. The molecule has 23 heavy (non-hydrogen) atoms. The quantitative estimate of drug-likeness (QED) is 0.325. The van der Waals surface area contributed by atoms with E-state index in [1.807, 2.05) is 0 Å². The van der Waals surface area contributed by atoms with E-state index in [0.717, 1.165) is 50.2 Å². The molecule has 0 aliphatic heterocycles. The van der Waals surface area contributed by atoms with Crippen LogP contribution in [0.25, 0.3) is 0 Å². The first-order valence-electron chi connectivity index (χ1n) is 8.47. The molecule has 0 saturated heterocycles. The van der Waals surface area contributed by atoms with E-state index in [9.17, 15) is 9.59 Å². The molecule has 0 atom stereocenters. The number of unbranched alkanes of at least 4 members (excludes halogenated alkanes) is 3. The van der Waals surface area contributed by atoms with Gasteiger partial charge in [-0.05, 0) is 19.3 Å². The standard InChI is InChI=1S/C16H32N2O3S2/c1-3-4-5-8-15(19)17-10-13-22-23-14-11-18-16(20)9-6-7-12-21-2/h3-14H2,1-2H3,(H,17,19)(H,18,20). The molecule has 7 heteroatoms. The molecular weight excluding hydrogens is 332 g/mol. The van der Waals surface area contributed by atoms with Gasteiger partial charge in [-0.3, -0.25) is 9.59 Å². The summed E-state index contributed by atoms with van der Waals surface area (Å²) in [6, 6.07) is 0. The van der Waals surface area contributed by atoms with Gasteiger partial charge in [-0.25, -0.2) is 0 Å². The van der Waals surface area contributed by atoms with Crippen molar-refractivity contribution in [3.63, 3.8) is 0 Å². The van der Waals surface area contributed by atoms with Gasteiger partial charge in [-0.1, -0.05) is 41.4 Å². The predicted octanol–water partition coefficient (Wildman–Crippen LogP) is 3.00. The van der Waals surface area contributed by atoms with Crippen LogP contribution in [-0.4, -0.2) is 50.1 Å². The highest BCUT2D eigenvalue weighted by Crippen LogP contribution is 2.19. The van der Waals surface area contributed by atoms with Crippen molar-refractivity contribution in [1.29, 1.82) is 0 Å². The SMILES string of the molecule is CCCCCC(=O)NCCSSCCNC(=O)CCCCOC. The van der Waals surface area contributed by atoms with Crippen molar-refractivity contribution in [3.05, 3.63) is 0 Å². The Balaban J connectivity index is 3.23. The molecule has 0 saturated carbocycles. The summed E-state index contributed by atoms with van der Waals surface area (Å²) < 4.78 is 4.94. The minimum atomic E-state index is 0.117.